The van der Waals surface area contributed by atoms with Gasteiger partial charge in [-0.1, -0.05) is 60.0 Å². The molecule has 0 heterocycles. The van der Waals surface area contributed by atoms with Crippen molar-refractivity contribution >= 4 is 6.16 Å². The van der Waals surface area contributed by atoms with Crippen LogP contribution in [0.5, 0.6) is 0 Å². The second kappa shape index (κ2) is 9.94. The van der Waals surface area contributed by atoms with Crippen molar-refractivity contribution in [2.24, 2.45) is 52.3 Å². The molecule has 3 heteroatoms. The predicted molar refractivity (Wildman–Crippen MR) is 135 cm³/mol. The number of carbonyl (C=O) groups is 1. The van der Waals surface area contributed by atoms with E-state index in [1.807, 2.05) is 6.92 Å². The van der Waals surface area contributed by atoms with E-state index in [1.165, 1.54) is 57.8 Å². The molecule has 0 radical (unpaired) electrons. The average molecular weight is 459 g/mol. The highest BCUT2D eigenvalue weighted by molar-refractivity contribution is 5.60. The summed E-state index contributed by atoms with van der Waals surface area (Å²) in [5, 5.41) is 0. The standard InChI is InChI=1S/C30H50O3/c1-7-32-28(31)33-23-15-17-29(5)22(19-23)11-12-24-26-14-13-25(21(4)10-8-9-20(2)3)30(26,6)18-16-27(24)29/h15,17,20-27H,7-14,16,18-19H2,1-6H3/t21-,22+,23+,24+,25-,26+,27+,29+,30-/m1/s1. The molecule has 0 spiro atoms. The zero-order valence-corrected chi connectivity index (χ0v) is 22.3. The van der Waals surface area contributed by atoms with Crippen molar-refractivity contribution in [3.63, 3.8) is 0 Å². The van der Waals surface area contributed by atoms with Crippen molar-refractivity contribution in [3.8, 4) is 0 Å². The molecule has 4 aliphatic rings. The number of carbonyl (C=O) groups excluding carboxylic acids is 1. The van der Waals surface area contributed by atoms with Crippen LogP contribution >= 0.6 is 0 Å². The van der Waals surface area contributed by atoms with Crippen LogP contribution in [0.3, 0.4) is 0 Å². The second-order valence-corrected chi connectivity index (χ2v) is 13.0. The molecule has 4 rings (SSSR count). The van der Waals surface area contributed by atoms with Gasteiger partial charge < -0.3 is 9.47 Å². The fourth-order valence-corrected chi connectivity index (χ4v) is 9.16. The van der Waals surface area contributed by atoms with Gasteiger partial charge >= 0.3 is 6.16 Å². The highest BCUT2D eigenvalue weighted by atomic mass is 16.7. The normalized spacial score (nSPS) is 42.9. The van der Waals surface area contributed by atoms with Gasteiger partial charge in [0.1, 0.15) is 6.10 Å². The number of allylic oxidation sites excluding steroid dienone is 1. The maximum absolute atomic E-state index is 11.8. The average Bonchev–Trinajstić information content (AvgIpc) is 3.11. The summed E-state index contributed by atoms with van der Waals surface area (Å²) >= 11 is 0. The molecule has 0 aliphatic heterocycles. The Balaban J connectivity index is 1.43. The van der Waals surface area contributed by atoms with Gasteiger partial charge in [-0.15, -0.1) is 0 Å². The largest absolute Gasteiger partial charge is 0.508 e. The third-order valence-corrected chi connectivity index (χ3v) is 10.9. The molecule has 0 N–H and O–H groups in total. The van der Waals surface area contributed by atoms with E-state index >= 15 is 0 Å². The number of rotatable bonds is 7. The van der Waals surface area contributed by atoms with E-state index in [2.05, 4.69) is 46.8 Å². The van der Waals surface area contributed by atoms with Crippen molar-refractivity contribution in [3.05, 3.63) is 12.2 Å². The molecule has 3 nitrogen and oxygen atoms in total. The summed E-state index contributed by atoms with van der Waals surface area (Å²) in [4.78, 5) is 11.8. The molecule has 0 aromatic rings. The maximum Gasteiger partial charge on any atom is 0.508 e. The van der Waals surface area contributed by atoms with E-state index in [1.54, 1.807) is 0 Å². The Morgan fingerprint density at radius 2 is 1.82 bits per heavy atom. The minimum Gasteiger partial charge on any atom is -0.435 e. The van der Waals surface area contributed by atoms with Crippen molar-refractivity contribution < 1.29 is 14.3 Å². The Hall–Kier alpha value is -0.990. The van der Waals surface area contributed by atoms with Gasteiger partial charge in [-0.3, -0.25) is 0 Å². The molecule has 0 unspecified atom stereocenters. The number of ether oxygens (including phenoxy) is 2. The van der Waals surface area contributed by atoms with Gasteiger partial charge in [-0.05, 0) is 110 Å². The third kappa shape index (κ3) is 4.76. The molecule has 33 heavy (non-hydrogen) atoms. The highest BCUT2D eigenvalue weighted by Gasteiger charge is 2.60. The third-order valence-electron chi connectivity index (χ3n) is 10.9. The molecular formula is C30H50O3. The molecule has 9 atom stereocenters. The molecule has 0 amide bonds. The van der Waals surface area contributed by atoms with E-state index in [0.29, 0.717) is 17.9 Å². The summed E-state index contributed by atoms with van der Waals surface area (Å²) < 4.78 is 10.6. The number of fused-ring (bicyclic) bond motifs is 5. The van der Waals surface area contributed by atoms with Gasteiger partial charge in [0.15, 0.2) is 0 Å². The minimum atomic E-state index is -0.516. The Morgan fingerprint density at radius 3 is 2.55 bits per heavy atom. The van der Waals surface area contributed by atoms with Crippen LogP contribution in [-0.2, 0) is 9.47 Å². The minimum absolute atomic E-state index is 0.116. The lowest BCUT2D eigenvalue weighted by Gasteiger charge is -2.59. The Morgan fingerprint density at radius 1 is 1.03 bits per heavy atom. The second-order valence-electron chi connectivity index (χ2n) is 13.0. The van der Waals surface area contributed by atoms with E-state index in [4.69, 9.17) is 9.47 Å². The first-order chi connectivity index (χ1) is 15.7. The summed E-state index contributed by atoms with van der Waals surface area (Å²) in [7, 11) is 0. The van der Waals surface area contributed by atoms with E-state index in [-0.39, 0.29) is 11.5 Å². The molecule has 4 aliphatic carbocycles. The van der Waals surface area contributed by atoms with Crippen LogP contribution in [0.2, 0.25) is 0 Å². The van der Waals surface area contributed by atoms with Crippen LogP contribution in [0.4, 0.5) is 4.79 Å². The van der Waals surface area contributed by atoms with Crippen molar-refractivity contribution in [1.82, 2.24) is 0 Å². The first-order valence-electron chi connectivity index (χ1n) is 14.2. The Kier molecular flexibility index (Phi) is 7.56. The zero-order valence-electron chi connectivity index (χ0n) is 22.3. The summed E-state index contributed by atoms with van der Waals surface area (Å²) in [6, 6.07) is 0. The lowest BCUT2D eigenvalue weighted by Crippen LogP contribution is -2.53. The predicted octanol–water partition coefficient (Wildman–Crippen LogP) is 8.43. The molecule has 188 valence electrons. The van der Waals surface area contributed by atoms with Crippen molar-refractivity contribution in [1.29, 1.82) is 0 Å². The fourth-order valence-electron chi connectivity index (χ4n) is 9.16. The van der Waals surface area contributed by atoms with E-state index < -0.39 is 6.16 Å². The van der Waals surface area contributed by atoms with Gasteiger partial charge in [0, 0.05) is 0 Å². The summed E-state index contributed by atoms with van der Waals surface area (Å²) in [6.45, 7) is 14.7. The topological polar surface area (TPSA) is 35.5 Å². The van der Waals surface area contributed by atoms with Crippen molar-refractivity contribution in [2.45, 2.75) is 112 Å². The van der Waals surface area contributed by atoms with Crippen LogP contribution in [0, 0.1) is 52.3 Å². The van der Waals surface area contributed by atoms with Crippen molar-refractivity contribution in [2.75, 3.05) is 6.61 Å². The van der Waals surface area contributed by atoms with Gasteiger partial charge in [0.05, 0.1) is 6.61 Å². The summed E-state index contributed by atoms with van der Waals surface area (Å²) in [6.07, 6.45) is 17.5. The van der Waals surface area contributed by atoms with Crippen LogP contribution in [0.1, 0.15) is 106 Å². The monoisotopic (exact) mass is 458 g/mol. The SMILES string of the molecule is CCOC(=O)O[C@H]1C=C[C@@]2(C)[C@@H](CC[C@@H]3[C@@H]2CC[C@]2(C)[C@@H]([C@H](C)CCCC(C)C)CC[C@@H]32)C1. The van der Waals surface area contributed by atoms with Gasteiger partial charge in [-0.2, -0.15) is 0 Å². The quantitative estimate of drug-likeness (QED) is 0.284. The smallest absolute Gasteiger partial charge is 0.435 e. The molecular weight excluding hydrogens is 408 g/mol. The molecule has 0 bridgehead atoms. The Bertz CT molecular complexity index is 713. The van der Waals surface area contributed by atoms with Crippen LogP contribution in [0.15, 0.2) is 12.2 Å². The van der Waals surface area contributed by atoms with E-state index in [9.17, 15) is 4.79 Å². The Labute approximate surface area is 203 Å². The first kappa shape index (κ1) is 25.1. The lowest BCUT2D eigenvalue weighted by molar-refractivity contribution is -0.0928. The van der Waals surface area contributed by atoms with Crippen LogP contribution in [0.25, 0.3) is 0 Å². The molecule has 0 saturated heterocycles. The zero-order chi connectivity index (χ0) is 23.8. The number of hydrogen-bond acceptors (Lipinski definition) is 3. The van der Waals surface area contributed by atoms with Gasteiger partial charge in [0.25, 0.3) is 0 Å². The first-order valence-corrected chi connectivity index (χ1v) is 14.2. The van der Waals surface area contributed by atoms with Gasteiger partial charge in [-0.25, -0.2) is 4.79 Å². The number of hydrogen-bond donors (Lipinski definition) is 0. The summed E-state index contributed by atoms with van der Waals surface area (Å²) in [5.41, 5.74) is 0.815. The molecule has 3 saturated carbocycles. The summed E-state index contributed by atoms with van der Waals surface area (Å²) in [5.74, 6) is 5.84. The maximum atomic E-state index is 11.8. The van der Waals surface area contributed by atoms with Gasteiger partial charge in [0.2, 0.25) is 0 Å². The fraction of sp³-hybridized carbons (Fsp3) is 0.900. The van der Waals surface area contributed by atoms with Crippen LogP contribution in [-0.4, -0.2) is 18.9 Å². The highest BCUT2D eigenvalue weighted by Crippen LogP contribution is 2.67. The molecule has 3 fully saturated rings. The molecule has 0 aromatic heterocycles. The van der Waals surface area contributed by atoms with E-state index in [0.717, 1.165) is 41.9 Å². The lowest BCUT2D eigenvalue weighted by atomic mass is 9.45. The molecule has 0 aromatic carbocycles. The van der Waals surface area contributed by atoms with Crippen LogP contribution < -0.4 is 0 Å².